The number of furan rings is 1. The molecule has 1 aromatic heterocycles. The highest BCUT2D eigenvalue weighted by Gasteiger charge is 2.19. The summed E-state index contributed by atoms with van der Waals surface area (Å²) in [4.78, 5) is 12.8. The number of aryl methyl sites for hydroxylation is 1. The molecule has 0 saturated heterocycles. The number of hydrogen-bond acceptors (Lipinski definition) is 6. The molecule has 170 valence electrons. The number of sulfone groups is 1. The summed E-state index contributed by atoms with van der Waals surface area (Å²) in [5, 5.41) is 2.66. The maximum absolute atomic E-state index is 12.6. The summed E-state index contributed by atoms with van der Waals surface area (Å²) < 4.78 is 57.3. The van der Waals surface area contributed by atoms with Crippen molar-refractivity contribution in [2.24, 2.45) is 0 Å². The molecule has 1 amide bonds. The van der Waals surface area contributed by atoms with Crippen molar-refractivity contribution in [2.45, 2.75) is 29.7 Å². The predicted molar refractivity (Wildman–Crippen MR) is 119 cm³/mol. The normalized spacial score (nSPS) is 11.9. The summed E-state index contributed by atoms with van der Waals surface area (Å²) in [7, 11) is -7.28. The summed E-state index contributed by atoms with van der Waals surface area (Å²) in [5.41, 5.74) is 0.807. The minimum absolute atomic E-state index is 0.0133. The van der Waals surface area contributed by atoms with Crippen LogP contribution in [0.2, 0.25) is 0 Å². The Hall–Kier alpha value is -2.95. The second kappa shape index (κ2) is 10.1. The molecule has 1 heterocycles. The number of carbonyl (C=O) groups excluding carboxylic acids is 1. The largest absolute Gasteiger partial charge is 0.468 e. The number of sulfonamides is 1. The molecule has 8 nitrogen and oxygen atoms in total. The monoisotopic (exact) mass is 476 g/mol. The van der Waals surface area contributed by atoms with Crippen LogP contribution in [0.5, 0.6) is 0 Å². The quantitative estimate of drug-likeness (QED) is 0.434. The Morgan fingerprint density at radius 1 is 0.938 bits per heavy atom. The molecule has 3 aromatic rings. The maximum atomic E-state index is 12.6. The van der Waals surface area contributed by atoms with Gasteiger partial charge in [0.25, 0.3) is 5.91 Å². The van der Waals surface area contributed by atoms with Crippen molar-refractivity contribution in [3.8, 4) is 0 Å². The highest BCUT2D eigenvalue weighted by atomic mass is 32.2. The van der Waals surface area contributed by atoms with Crippen LogP contribution < -0.4 is 10.0 Å². The van der Waals surface area contributed by atoms with Crippen LogP contribution in [0.25, 0.3) is 0 Å². The second-order valence-electron chi connectivity index (χ2n) is 7.12. The summed E-state index contributed by atoms with van der Waals surface area (Å²) in [6.45, 7) is 1.82. The molecule has 0 aliphatic rings. The fraction of sp³-hybridized carbons (Fsp3) is 0.227. The number of carbonyl (C=O) groups is 1. The van der Waals surface area contributed by atoms with Crippen molar-refractivity contribution < 1.29 is 26.0 Å². The number of nitrogens with one attached hydrogen (secondary N) is 2. The van der Waals surface area contributed by atoms with Crippen LogP contribution in [-0.4, -0.2) is 35.0 Å². The Labute approximate surface area is 187 Å². The minimum atomic E-state index is -3.85. The predicted octanol–water partition coefficient (Wildman–Crippen LogP) is 2.66. The van der Waals surface area contributed by atoms with Crippen molar-refractivity contribution in [3.05, 3.63) is 83.8 Å². The van der Waals surface area contributed by atoms with Gasteiger partial charge in [0.15, 0.2) is 9.84 Å². The van der Waals surface area contributed by atoms with Crippen LogP contribution in [0.3, 0.4) is 0 Å². The molecule has 0 spiro atoms. The molecule has 0 aliphatic heterocycles. The summed E-state index contributed by atoms with van der Waals surface area (Å²) in [6.07, 6.45) is 1.67. The summed E-state index contributed by atoms with van der Waals surface area (Å²) >= 11 is 0. The molecule has 0 saturated carbocycles. The van der Waals surface area contributed by atoms with Gasteiger partial charge < -0.3 is 9.73 Å². The zero-order valence-electron chi connectivity index (χ0n) is 17.4. The topological polar surface area (TPSA) is 123 Å². The number of amides is 1. The molecule has 0 atom stereocenters. The van der Waals surface area contributed by atoms with Crippen LogP contribution in [-0.2, 0) is 26.4 Å². The average molecular weight is 477 g/mol. The van der Waals surface area contributed by atoms with Crippen LogP contribution in [0, 0.1) is 6.92 Å². The van der Waals surface area contributed by atoms with Gasteiger partial charge in [-0.15, -0.1) is 0 Å². The van der Waals surface area contributed by atoms with Gasteiger partial charge in [-0.25, -0.2) is 21.6 Å². The number of rotatable bonds is 10. The third kappa shape index (κ3) is 6.06. The van der Waals surface area contributed by atoms with E-state index in [2.05, 4.69) is 10.0 Å². The molecule has 2 aromatic carbocycles. The van der Waals surface area contributed by atoms with Gasteiger partial charge in [-0.05, 0) is 55.3 Å². The van der Waals surface area contributed by atoms with E-state index in [1.807, 2.05) is 0 Å². The molecule has 10 heteroatoms. The first-order valence-corrected chi connectivity index (χ1v) is 13.0. The molecular formula is C22H24N2O6S2. The van der Waals surface area contributed by atoms with E-state index >= 15 is 0 Å². The van der Waals surface area contributed by atoms with Gasteiger partial charge in [-0.1, -0.05) is 24.3 Å². The maximum Gasteiger partial charge on any atom is 0.251 e. The molecule has 0 aliphatic carbocycles. The molecule has 0 bridgehead atoms. The van der Waals surface area contributed by atoms with Crippen molar-refractivity contribution >= 4 is 25.8 Å². The van der Waals surface area contributed by atoms with E-state index < -0.39 is 25.8 Å². The highest BCUT2D eigenvalue weighted by Crippen LogP contribution is 2.17. The lowest BCUT2D eigenvalue weighted by Crippen LogP contribution is -2.28. The van der Waals surface area contributed by atoms with Gasteiger partial charge in [0, 0.05) is 12.1 Å². The van der Waals surface area contributed by atoms with Gasteiger partial charge >= 0.3 is 0 Å². The number of benzene rings is 2. The van der Waals surface area contributed by atoms with Gasteiger partial charge in [0.1, 0.15) is 5.76 Å². The van der Waals surface area contributed by atoms with E-state index in [-0.39, 0.29) is 40.6 Å². The van der Waals surface area contributed by atoms with Crippen LogP contribution in [0.4, 0.5) is 0 Å². The molecule has 3 rings (SSSR count). The standard InChI is InChI=1S/C22H24N2O6S2/c1-17-10-11-20(32(28,29)24-16-18-7-5-13-30-18)15-21(17)22(25)23-12-6-14-31(26,27)19-8-3-2-4-9-19/h2-5,7-11,13,15,24H,6,12,14,16H2,1H3,(H,23,25). The Bertz CT molecular complexity index is 1270. The van der Waals surface area contributed by atoms with Gasteiger partial charge in [-0.2, -0.15) is 0 Å². The van der Waals surface area contributed by atoms with Crippen molar-refractivity contribution in [2.75, 3.05) is 12.3 Å². The molecule has 32 heavy (non-hydrogen) atoms. The van der Waals surface area contributed by atoms with E-state index in [0.29, 0.717) is 11.3 Å². The Morgan fingerprint density at radius 3 is 2.38 bits per heavy atom. The summed E-state index contributed by atoms with van der Waals surface area (Å²) in [5.74, 6) is -0.117. The SMILES string of the molecule is Cc1ccc(S(=O)(=O)NCc2ccco2)cc1C(=O)NCCCS(=O)(=O)c1ccccc1. The van der Waals surface area contributed by atoms with E-state index in [1.54, 1.807) is 43.3 Å². The lowest BCUT2D eigenvalue weighted by molar-refractivity contribution is 0.0953. The minimum Gasteiger partial charge on any atom is -0.468 e. The van der Waals surface area contributed by atoms with E-state index in [9.17, 15) is 21.6 Å². The molecule has 0 unspecified atom stereocenters. The lowest BCUT2D eigenvalue weighted by Gasteiger charge is -2.11. The lowest BCUT2D eigenvalue weighted by atomic mass is 10.1. The first-order chi connectivity index (χ1) is 15.2. The molecular weight excluding hydrogens is 452 g/mol. The van der Waals surface area contributed by atoms with Gasteiger partial charge in [-0.3, -0.25) is 4.79 Å². The van der Waals surface area contributed by atoms with Crippen LogP contribution in [0.1, 0.15) is 28.1 Å². The van der Waals surface area contributed by atoms with E-state index in [4.69, 9.17) is 4.42 Å². The first-order valence-electron chi connectivity index (χ1n) is 9.88. The molecule has 0 fully saturated rings. The Morgan fingerprint density at radius 2 is 1.69 bits per heavy atom. The zero-order valence-corrected chi connectivity index (χ0v) is 19.1. The van der Waals surface area contributed by atoms with Crippen molar-refractivity contribution in [3.63, 3.8) is 0 Å². The van der Waals surface area contributed by atoms with Crippen molar-refractivity contribution in [1.82, 2.24) is 10.0 Å². The fourth-order valence-electron chi connectivity index (χ4n) is 2.98. The average Bonchev–Trinajstić information content (AvgIpc) is 3.30. The summed E-state index contributed by atoms with van der Waals surface area (Å²) in [6, 6.07) is 15.7. The van der Waals surface area contributed by atoms with Crippen LogP contribution in [0.15, 0.2) is 81.1 Å². The Kier molecular flexibility index (Phi) is 7.49. The third-order valence-corrected chi connectivity index (χ3v) is 7.97. The van der Waals surface area contributed by atoms with Gasteiger partial charge in [0.05, 0.1) is 28.4 Å². The van der Waals surface area contributed by atoms with E-state index in [0.717, 1.165) is 0 Å². The second-order valence-corrected chi connectivity index (χ2v) is 11.0. The van der Waals surface area contributed by atoms with Crippen molar-refractivity contribution in [1.29, 1.82) is 0 Å². The third-order valence-electron chi connectivity index (χ3n) is 4.76. The van der Waals surface area contributed by atoms with Crippen LogP contribution >= 0.6 is 0 Å². The number of hydrogen-bond donors (Lipinski definition) is 2. The molecule has 0 radical (unpaired) electrons. The smallest absolute Gasteiger partial charge is 0.251 e. The molecule has 2 N–H and O–H groups in total. The zero-order chi connectivity index (χ0) is 23.2. The Balaban J connectivity index is 1.60. The van der Waals surface area contributed by atoms with Gasteiger partial charge in [0.2, 0.25) is 10.0 Å². The fourth-order valence-corrected chi connectivity index (χ4v) is 5.33. The van der Waals surface area contributed by atoms with E-state index in [1.165, 1.54) is 30.5 Å². The first kappa shape index (κ1) is 23.7. The highest BCUT2D eigenvalue weighted by molar-refractivity contribution is 7.91.